The van der Waals surface area contributed by atoms with Gasteiger partial charge >= 0.3 is 11.8 Å². The lowest BCUT2D eigenvalue weighted by molar-refractivity contribution is -0.223. The highest BCUT2D eigenvalue weighted by Crippen LogP contribution is 2.51. The van der Waals surface area contributed by atoms with Crippen molar-refractivity contribution < 1.29 is 17.6 Å². The molecular formula is C22H28F4N2. The highest BCUT2D eigenvalue weighted by atomic mass is 19.3. The first kappa shape index (κ1) is 22.1. The Morgan fingerprint density at radius 2 is 1.00 bits per heavy atom. The van der Waals surface area contributed by atoms with E-state index in [1.54, 1.807) is 13.8 Å². The maximum absolute atomic E-state index is 15.1. The Labute approximate surface area is 163 Å². The van der Waals surface area contributed by atoms with Crippen molar-refractivity contribution >= 4 is 11.4 Å². The van der Waals surface area contributed by atoms with Crippen LogP contribution in [0.2, 0.25) is 0 Å². The molecule has 2 rings (SSSR count). The molecule has 0 atom stereocenters. The van der Waals surface area contributed by atoms with Crippen molar-refractivity contribution in [3.63, 3.8) is 0 Å². The van der Waals surface area contributed by atoms with Gasteiger partial charge in [0.05, 0.1) is 0 Å². The second kappa shape index (κ2) is 8.02. The first-order valence-electron chi connectivity index (χ1n) is 9.51. The fourth-order valence-corrected chi connectivity index (χ4v) is 3.42. The number of hydrogen-bond acceptors (Lipinski definition) is 2. The Morgan fingerprint density at radius 1 is 0.679 bits per heavy atom. The van der Waals surface area contributed by atoms with Crippen molar-refractivity contribution in [3.05, 3.63) is 57.6 Å². The Kier molecular flexibility index (Phi) is 6.31. The Hall–Kier alpha value is -2.24. The summed E-state index contributed by atoms with van der Waals surface area (Å²) in [6.07, 6.45) is 2.24. The molecule has 28 heavy (non-hydrogen) atoms. The van der Waals surface area contributed by atoms with Gasteiger partial charge < -0.3 is 11.5 Å². The lowest BCUT2D eigenvalue weighted by atomic mass is 9.89. The number of rotatable bonds is 7. The fourth-order valence-electron chi connectivity index (χ4n) is 3.42. The summed E-state index contributed by atoms with van der Waals surface area (Å²) in [4.78, 5) is 0. The minimum atomic E-state index is -4.39. The molecule has 0 bridgehead atoms. The zero-order chi connectivity index (χ0) is 21.3. The van der Waals surface area contributed by atoms with Crippen molar-refractivity contribution in [2.24, 2.45) is 0 Å². The van der Waals surface area contributed by atoms with Crippen LogP contribution in [0.3, 0.4) is 0 Å². The van der Waals surface area contributed by atoms with Gasteiger partial charge in [-0.3, -0.25) is 0 Å². The monoisotopic (exact) mass is 396 g/mol. The molecule has 0 aromatic heterocycles. The van der Waals surface area contributed by atoms with Gasteiger partial charge in [0.1, 0.15) is 0 Å². The SMILES string of the molecule is CCCc1cc(C(F)(F)C(F)(F)c2cc(C)c(N)c(CCC)c2)cc(C)c1N. The number of aryl methyl sites for hydroxylation is 4. The number of alkyl halides is 4. The van der Waals surface area contributed by atoms with Crippen LogP contribution in [0.4, 0.5) is 28.9 Å². The molecule has 154 valence electrons. The van der Waals surface area contributed by atoms with E-state index in [9.17, 15) is 0 Å². The predicted molar refractivity (Wildman–Crippen MR) is 107 cm³/mol. The largest absolute Gasteiger partial charge is 0.398 e. The molecule has 2 aromatic carbocycles. The van der Waals surface area contributed by atoms with E-state index in [-0.39, 0.29) is 0 Å². The normalized spacial score (nSPS) is 12.4. The van der Waals surface area contributed by atoms with E-state index in [0.29, 0.717) is 59.3 Å². The van der Waals surface area contributed by atoms with Crippen molar-refractivity contribution in [1.82, 2.24) is 0 Å². The number of nitrogens with two attached hydrogens (primary N) is 2. The number of benzene rings is 2. The molecule has 0 aliphatic rings. The third-order valence-electron chi connectivity index (χ3n) is 5.10. The van der Waals surface area contributed by atoms with E-state index in [4.69, 9.17) is 11.5 Å². The Bertz CT molecular complexity index is 789. The van der Waals surface area contributed by atoms with E-state index in [0.717, 1.165) is 24.3 Å². The average molecular weight is 396 g/mol. The van der Waals surface area contributed by atoms with Gasteiger partial charge in [-0.2, -0.15) is 17.6 Å². The van der Waals surface area contributed by atoms with Crippen LogP contribution in [0.1, 0.15) is 60.1 Å². The van der Waals surface area contributed by atoms with Gasteiger partial charge in [0.25, 0.3) is 0 Å². The van der Waals surface area contributed by atoms with Gasteiger partial charge in [0, 0.05) is 22.5 Å². The molecular weight excluding hydrogens is 368 g/mol. The second-order valence-corrected chi connectivity index (χ2v) is 7.38. The third kappa shape index (κ3) is 3.82. The van der Waals surface area contributed by atoms with E-state index in [1.165, 1.54) is 0 Å². The van der Waals surface area contributed by atoms with Crippen molar-refractivity contribution in [2.45, 2.75) is 65.2 Å². The zero-order valence-corrected chi connectivity index (χ0v) is 16.8. The first-order chi connectivity index (χ1) is 13.0. The van der Waals surface area contributed by atoms with Gasteiger partial charge in [-0.1, -0.05) is 26.7 Å². The molecule has 0 aliphatic carbocycles. The molecule has 0 aliphatic heterocycles. The minimum Gasteiger partial charge on any atom is -0.398 e. The molecule has 6 heteroatoms. The number of hydrogen-bond donors (Lipinski definition) is 2. The van der Waals surface area contributed by atoms with Gasteiger partial charge in [-0.05, 0) is 73.2 Å². The van der Waals surface area contributed by atoms with Crippen LogP contribution < -0.4 is 11.5 Å². The number of anilines is 2. The van der Waals surface area contributed by atoms with Gasteiger partial charge in [0.2, 0.25) is 0 Å². The number of nitrogen functional groups attached to an aromatic ring is 2. The lowest BCUT2D eigenvalue weighted by Gasteiger charge is -2.29. The van der Waals surface area contributed by atoms with Gasteiger partial charge in [-0.25, -0.2) is 0 Å². The molecule has 0 radical (unpaired) electrons. The smallest absolute Gasteiger partial charge is 0.339 e. The molecule has 0 amide bonds. The summed E-state index contributed by atoms with van der Waals surface area (Å²) in [7, 11) is 0. The summed E-state index contributed by atoms with van der Waals surface area (Å²) in [6.45, 7) is 6.86. The summed E-state index contributed by atoms with van der Waals surface area (Å²) >= 11 is 0. The van der Waals surface area contributed by atoms with Crippen molar-refractivity contribution in [3.8, 4) is 0 Å². The van der Waals surface area contributed by atoms with Crippen LogP contribution >= 0.6 is 0 Å². The Morgan fingerprint density at radius 3 is 1.29 bits per heavy atom. The van der Waals surface area contributed by atoms with Gasteiger partial charge in [0.15, 0.2) is 0 Å². The van der Waals surface area contributed by atoms with Gasteiger partial charge in [-0.15, -0.1) is 0 Å². The van der Waals surface area contributed by atoms with Crippen LogP contribution in [-0.4, -0.2) is 0 Å². The maximum Gasteiger partial charge on any atom is 0.339 e. The molecule has 4 N–H and O–H groups in total. The van der Waals surface area contributed by atoms with E-state index >= 15 is 17.6 Å². The van der Waals surface area contributed by atoms with Crippen LogP contribution in [0.5, 0.6) is 0 Å². The van der Waals surface area contributed by atoms with E-state index < -0.39 is 23.0 Å². The van der Waals surface area contributed by atoms with E-state index in [1.807, 2.05) is 13.8 Å². The molecule has 2 aromatic rings. The van der Waals surface area contributed by atoms with Crippen LogP contribution in [0.25, 0.3) is 0 Å². The maximum atomic E-state index is 15.1. The Balaban J connectivity index is 2.61. The second-order valence-electron chi connectivity index (χ2n) is 7.38. The van der Waals surface area contributed by atoms with Crippen molar-refractivity contribution in [1.29, 1.82) is 0 Å². The zero-order valence-electron chi connectivity index (χ0n) is 16.8. The summed E-state index contributed by atoms with van der Waals surface area (Å²) in [5.41, 5.74) is 12.9. The highest BCUT2D eigenvalue weighted by molar-refractivity contribution is 5.58. The first-order valence-corrected chi connectivity index (χ1v) is 9.51. The molecule has 0 saturated carbocycles. The summed E-state index contributed by atoms with van der Waals surface area (Å²) in [5.74, 6) is -8.78. The standard InChI is InChI=1S/C22H28F4N2/c1-5-7-15-11-17(9-13(3)19(15)27)21(23,24)22(25,26)18-10-14(4)20(28)16(12-18)8-6-2/h9-12H,5-8,27-28H2,1-4H3. The summed E-state index contributed by atoms with van der Waals surface area (Å²) < 4.78 is 60.3. The predicted octanol–water partition coefficient (Wildman–Crippen LogP) is 6.26. The number of halogens is 4. The average Bonchev–Trinajstić information content (AvgIpc) is 2.62. The molecule has 0 spiro atoms. The molecule has 0 heterocycles. The van der Waals surface area contributed by atoms with Crippen LogP contribution in [0, 0.1) is 13.8 Å². The quantitative estimate of drug-likeness (QED) is 0.429. The summed E-state index contributed by atoms with van der Waals surface area (Å²) in [6, 6.07) is 4.33. The third-order valence-corrected chi connectivity index (χ3v) is 5.10. The van der Waals surface area contributed by atoms with Crippen LogP contribution in [-0.2, 0) is 24.7 Å². The molecule has 0 unspecified atom stereocenters. The van der Waals surface area contributed by atoms with Crippen LogP contribution in [0.15, 0.2) is 24.3 Å². The molecule has 0 fully saturated rings. The highest BCUT2D eigenvalue weighted by Gasteiger charge is 2.58. The van der Waals surface area contributed by atoms with Crippen molar-refractivity contribution in [2.75, 3.05) is 11.5 Å². The molecule has 0 saturated heterocycles. The summed E-state index contributed by atoms with van der Waals surface area (Å²) in [5, 5.41) is 0. The molecule has 2 nitrogen and oxygen atoms in total. The fraction of sp³-hybridized carbons (Fsp3) is 0.455. The topological polar surface area (TPSA) is 52.0 Å². The van der Waals surface area contributed by atoms with E-state index in [2.05, 4.69) is 0 Å². The minimum absolute atomic E-state index is 0.372. The lowest BCUT2D eigenvalue weighted by Crippen LogP contribution is -2.36.